The third-order valence-corrected chi connectivity index (χ3v) is 9.04. The highest BCUT2D eigenvalue weighted by Crippen LogP contribution is 2.35. The zero-order valence-corrected chi connectivity index (χ0v) is 19.0. The number of hydrogen-bond acceptors (Lipinski definition) is 7. The fourth-order valence-corrected chi connectivity index (χ4v) is 7.00. The van der Waals surface area contributed by atoms with E-state index in [4.69, 9.17) is 4.52 Å². The molecule has 0 aromatic carbocycles. The van der Waals surface area contributed by atoms with Crippen molar-refractivity contribution in [3.05, 3.63) is 17.3 Å². The molecular weight excluding hydrogens is 424 g/mol. The van der Waals surface area contributed by atoms with Gasteiger partial charge in [0.15, 0.2) is 0 Å². The van der Waals surface area contributed by atoms with Crippen molar-refractivity contribution in [1.29, 1.82) is 0 Å². The molecule has 0 spiro atoms. The Kier molecular flexibility index (Phi) is 6.26. The molecule has 0 bridgehead atoms. The van der Waals surface area contributed by atoms with Gasteiger partial charge in [0, 0.05) is 36.0 Å². The van der Waals surface area contributed by atoms with Gasteiger partial charge in [0.2, 0.25) is 17.6 Å². The molecule has 30 heavy (non-hydrogen) atoms. The molecule has 8 nitrogen and oxygen atoms in total. The molecule has 4 rings (SSSR count). The first-order valence-electron chi connectivity index (χ1n) is 10.6. The van der Waals surface area contributed by atoms with Gasteiger partial charge in [-0.3, -0.25) is 4.79 Å². The highest BCUT2D eigenvalue weighted by atomic mass is 32.2. The van der Waals surface area contributed by atoms with Gasteiger partial charge in [-0.05, 0) is 45.6 Å². The molecule has 2 aromatic heterocycles. The molecule has 1 saturated carbocycles. The predicted molar refractivity (Wildman–Crippen MR) is 114 cm³/mol. The summed E-state index contributed by atoms with van der Waals surface area (Å²) in [6, 6.07) is 1.65. The van der Waals surface area contributed by atoms with Gasteiger partial charge in [-0.25, -0.2) is 8.42 Å². The fourth-order valence-electron chi connectivity index (χ4n) is 4.16. The number of rotatable bonds is 6. The third kappa shape index (κ3) is 4.45. The summed E-state index contributed by atoms with van der Waals surface area (Å²) in [5.41, 5.74) is 0.651. The minimum Gasteiger partial charge on any atom is -0.354 e. The fraction of sp³-hybridized carbons (Fsp3) is 0.650. The SMILES string of the molecule is CC(C)NC(=O)[C@@H]1CCCN(S(=O)(=O)c2cc(-c3noc(C4CCCC4)n3)cs2)C1. The van der Waals surface area contributed by atoms with Crippen LogP contribution in [0.4, 0.5) is 0 Å². The Bertz CT molecular complexity index is 992. The average molecular weight is 453 g/mol. The molecule has 0 radical (unpaired) electrons. The number of amides is 1. The van der Waals surface area contributed by atoms with Crippen molar-refractivity contribution in [3.8, 4) is 11.4 Å². The van der Waals surface area contributed by atoms with Crippen LogP contribution in [0.25, 0.3) is 11.4 Å². The summed E-state index contributed by atoms with van der Waals surface area (Å²) in [5.74, 6) is 0.996. The number of hydrogen-bond donors (Lipinski definition) is 1. The molecule has 1 saturated heterocycles. The molecular formula is C20H28N4O4S2. The van der Waals surface area contributed by atoms with Crippen LogP contribution in [0, 0.1) is 5.92 Å². The second-order valence-electron chi connectivity index (χ2n) is 8.46. The topological polar surface area (TPSA) is 105 Å². The van der Waals surface area contributed by atoms with Crippen molar-refractivity contribution >= 4 is 27.3 Å². The van der Waals surface area contributed by atoms with Gasteiger partial charge in [0.05, 0.1) is 5.92 Å². The molecule has 3 heterocycles. The Morgan fingerprint density at radius 3 is 2.77 bits per heavy atom. The van der Waals surface area contributed by atoms with E-state index in [0.29, 0.717) is 42.6 Å². The number of carbonyl (C=O) groups excluding carboxylic acids is 1. The monoisotopic (exact) mass is 452 g/mol. The van der Waals surface area contributed by atoms with E-state index in [1.165, 1.54) is 17.1 Å². The summed E-state index contributed by atoms with van der Waals surface area (Å²) < 4.78 is 33.5. The van der Waals surface area contributed by atoms with Gasteiger partial charge in [0.1, 0.15) is 4.21 Å². The van der Waals surface area contributed by atoms with Gasteiger partial charge in [-0.15, -0.1) is 11.3 Å². The van der Waals surface area contributed by atoms with Crippen molar-refractivity contribution in [2.24, 2.45) is 5.92 Å². The Hall–Kier alpha value is -1.78. The van der Waals surface area contributed by atoms with Crippen LogP contribution in [-0.4, -0.2) is 47.9 Å². The predicted octanol–water partition coefficient (Wildman–Crippen LogP) is 3.38. The first kappa shape index (κ1) is 21.5. The number of piperidine rings is 1. The Morgan fingerprint density at radius 2 is 2.03 bits per heavy atom. The molecule has 2 fully saturated rings. The van der Waals surface area contributed by atoms with E-state index in [9.17, 15) is 13.2 Å². The smallest absolute Gasteiger partial charge is 0.252 e. The van der Waals surface area contributed by atoms with Gasteiger partial charge in [0.25, 0.3) is 10.0 Å². The second kappa shape index (κ2) is 8.76. The molecule has 0 unspecified atom stereocenters. The van der Waals surface area contributed by atoms with E-state index in [2.05, 4.69) is 15.5 Å². The maximum atomic E-state index is 13.2. The molecule has 1 atom stereocenters. The summed E-state index contributed by atoms with van der Waals surface area (Å²) in [5, 5.41) is 8.70. The van der Waals surface area contributed by atoms with Crippen LogP contribution in [-0.2, 0) is 14.8 Å². The summed E-state index contributed by atoms with van der Waals surface area (Å²) in [7, 11) is -3.67. The van der Waals surface area contributed by atoms with Crippen LogP contribution in [0.5, 0.6) is 0 Å². The zero-order chi connectivity index (χ0) is 21.3. The van der Waals surface area contributed by atoms with Crippen LogP contribution in [0.3, 0.4) is 0 Å². The lowest BCUT2D eigenvalue weighted by Gasteiger charge is -2.31. The number of carbonyl (C=O) groups is 1. The standard InChI is InChI=1S/C20H28N4O4S2/c1-13(2)21-19(25)15-8-5-9-24(11-15)30(26,27)17-10-16(12-29-17)18-22-20(28-23-18)14-6-3-4-7-14/h10,12-15H,3-9,11H2,1-2H3,(H,21,25)/t15-/m1/s1. The number of thiophene rings is 1. The Morgan fingerprint density at radius 1 is 1.27 bits per heavy atom. The lowest BCUT2D eigenvalue weighted by atomic mass is 9.98. The molecule has 2 aliphatic rings. The van der Waals surface area contributed by atoms with Crippen LogP contribution in [0.15, 0.2) is 20.2 Å². The molecule has 10 heteroatoms. The number of sulfonamides is 1. The highest BCUT2D eigenvalue weighted by Gasteiger charge is 2.34. The van der Waals surface area contributed by atoms with Gasteiger partial charge in [-0.1, -0.05) is 18.0 Å². The van der Waals surface area contributed by atoms with E-state index in [1.807, 2.05) is 13.8 Å². The van der Waals surface area contributed by atoms with Crippen molar-refractivity contribution < 1.29 is 17.7 Å². The average Bonchev–Trinajstić information content (AvgIpc) is 3.48. The first-order valence-corrected chi connectivity index (χ1v) is 12.9. The van der Waals surface area contributed by atoms with Crippen LogP contribution < -0.4 is 5.32 Å². The van der Waals surface area contributed by atoms with E-state index in [0.717, 1.165) is 24.2 Å². The Balaban J connectivity index is 1.48. The van der Waals surface area contributed by atoms with E-state index in [-0.39, 0.29) is 28.6 Å². The van der Waals surface area contributed by atoms with E-state index >= 15 is 0 Å². The molecule has 2 aromatic rings. The summed E-state index contributed by atoms with van der Waals surface area (Å²) in [6.07, 6.45) is 5.84. The lowest BCUT2D eigenvalue weighted by molar-refractivity contribution is -0.126. The van der Waals surface area contributed by atoms with Crippen LogP contribution in [0.1, 0.15) is 64.2 Å². The minimum atomic E-state index is -3.67. The van der Waals surface area contributed by atoms with Crippen molar-refractivity contribution in [3.63, 3.8) is 0 Å². The summed E-state index contributed by atoms with van der Waals surface area (Å²) in [6.45, 7) is 4.44. The third-order valence-electron chi connectivity index (χ3n) is 5.76. The largest absolute Gasteiger partial charge is 0.354 e. The molecule has 164 valence electrons. The van der Waals surface area contributed by atoms with Crippen molar-refractivity contribution in [2.45, 2.75) is 68.5 Å². The second-order valence-corrected chi connectivity index (χ2v) is 11.5. The molecule has 1 aliphatic heterocycles. The molecule has 1 N–H and O–H groups in total. The lowest BCUT2D eigenvalue weighted by Crippen LogP contribution is -2.46. The van der Waals surface area contributed by atoms with Crippen LogP contribution >= 0.6 is 11.3 Å². The maximum absolute atomic E-state index is 13.2. The quantitative estimate of drug-likeness (QED) is 0.720. The normalized spacial score (nSPS) is 21.4. The van der Waals surface area contributed by atoms with Gasteiger partial charge < -0.3 is 9.84 Å². The highest BCUT2D eigenvalue weighted by molar-refractivity contribution is 7.91. The van der Waals surface area contributed by atoms with E-state index < -0.39 is 10.0 Å². The number of nitrogens with one attached hydrogen (secondary N) is 1. The summed E-state index contributed by atoms with van der Waals surface area (Å²) >= 11 is 1.15. The maximum Gasteiger partial charge on any atom is 0.252 e. The van der Waals surface area contributed by atoms with E-state index in [1.54, 1.807) is 11.4 Å². The number of aromatic nitrogens is 2. The minimum absolute atomic E-state index is 0.0356. The first-order chi connectivity index (χ1) is 14.3. The van der Waals surface area contributed by atoms with Gasteiger partial charge >= 0.3 is 0 Å². The Labute approximate surface area is 181 Å². The van der Waals surface area contributed by atoms with Crippen molar-refractivity contribution in [1.82, 2.24) is 19.8 Å². The molecule has 1 aliphatic carbocycles. The van der Waals surface area contributed by atoms with Gasteiger partial charge in [-0.2, -0.15) is 9.29 Å². The summed E-state index contributed by atoms with van der Waals surface area (Å²) in [4.78, 5) is 16.9. The molecule has 1 amide bonds. The van der Waals surface area contributed by atoms with Crippen LogP contribution in [0.2, 0.25) is 0 Å². The van der Waals surface area contributed by atoms with Crippen molar-refractivity contribution in [2.75, 3.05) is 13.1 Å². The zero-order valence-electron chi connectivity index (χ0n) is 17.3. The number of nitrogens with zero attached hydrogens (tertiary/aromatic N) is 3.